The standard InChI is InChI=1S/C15H17FN2O/c1-4-17-15(19)13-9-14(18(3)10(13)2)11-5-7-12(16)8-6-11/h5-9H,4H2,1-3H3,(H,17,19). The lowest BCUT2D eigenvalue weighted by Gasteiger charge is -2.05. The number of carbonyl (C=O) groups excluding carboxylic acids is 1. The summed E-state index contributed by atoms with van der Waals surface area (Å²) in [6.45, 7) is 4.38. The normalized spacial score (nSPS) is 10.5. The minimum absolute atomic E-state index is 0.0797. The molecule has 4 heteroatoms. The summed E-state index contributed by atoms with van der Waals surface area (Å²) in [6.07, 6.45) is 0. The van der Waals surface area contributed by atoms with Crippen molar-refractivity contribution in [1.82, 2.24) is 9.88 Å². The highest BCUT2D eigenvalue weighted by molar-refractivity contribution is 5.96. The first-order chi connectivity index (χ1) is 9.04. The molecular formula is C15H17FN2O. The largest absolute Gasteiger partial charge is 0.352 e. The van der Waals surface area contributed by atoms with Crippen LogP contribution in [0, 0.1) is 12.7 Å². The molecule has 0 radical (unpaired) electrons. The summed E-state index contributed by atoms with van der Waals surface area (Å²) >= 11 is 0. The molecular weight excluding hydrogens is 243 g/mol. The monoisotopic (exact) mass is 260 g/mol. The third-order valence-electron chi connectivity index (χ3n) is 3.26. The Hall–Kier alpha value is -2.10. The maximum Gasteiger partial charge on any atom is 0.253 e. The number of amides is 1. The quantitative estimate of drug-likeness (QED) is 0.904. The molecule has 100 valence electrons. The maximum atomic E-state index is 12.9. The Morgan fingerprint density at radius 3 is 2.53 bits per heavy atom. The van der Waals surface area contributed by atoms with E-state index in [-0.39, 0.29) is 11.7 Å². The van der Waals surface area contributed by atoms with Crippen LogP contribution < -0.4 is 5.32 Å². The van der Waals surface area contributed by atoms with Crippen LogP contribution in [0.25, 0.3) is 11.3 Å². The van der Waals surface area contributed by atoms with Crippen LogP contribution in [0.2, 0.25) is 0 Å². The molecule has 0 unspecified atom stereocenters. The molecule has 0 saturated carbocycles. The van der Waals surface area contributed by atoms with Crippen LogP contribution in [0.4, 0.5) is 4.39 Å². The minimum Gasteiger partial charge on any atom is -0.352 e. The van der Waals surface area contributed by atoms with Crippen molar-refractivity contribution in [3.8, 4) is 11.3 Å². The van der Waals surface area contributed by atoms with Gasteiger partial charge in [0, 0.05) is 25.0 Å². The zero-order valence-electron chi connectivity index (χ0n) is 11.3. The van der Waals surface area contributed by atoms with Crippen LogP contribution in [-0.4, -0.2) is 17.0 Å². The van der Waals surface area contributed by atoms with Gasteiger partial charge in [0.2, 0.25) is 0 Å². The molecule has 1 aromatic heterocycles. The van der Waals surface area contributed by atoms with Crippen LogP contribution in [0.15, 0.2) is 30.3 Å². The third kappa shape index (κ3) is 2.52. The van der Waals surface area contributed by atoms with Gasteiger partial charge in [0.1, 0.15) is 5.82 Å². The van der Waals surface area contributed by atoms with Crippen LogP contribution in [0.1, 0.15) is 23.0 Å². The molecule has 2 rings (SSSR count). The maximum absolute atomic E-state index is 12.9. The Morgan fingerprint density at radius 1 is 1.32 bits per heavy atom. The van der Waals surface area contributed by atoms with E-state index in [1.165, 1.54) is 12.1 Å². The molecule has 1 aromatic carbocycles. The Kier molecular flexibility index (Phi) is 3.69. The van der Waals surface area contributed by atoms with E-state index in [9.17, 15) is 9.18 Å². The summed E-state index contributed by atoms with van der Waals surface area (Å²) in [7, 11) is 1.90. The smallest absolute Gasteiger partial charge is 0.253 e. The number of hydrogen-bond acceptors (Lipinski definition) is 1. The van der Waals surface area contributed by atoms with Crippen molar-refractivity contribution in [3.63, 3.8) is 0 Å². The fourth-order valence-corrected chi connectivity index (χ4v) is 2.08. The molecule has 0 aliphatic carbocycles. The van der Waals surface area contributed by atoms with E-state index >= 15 is 0 Å². The number of nitrogens with zero attached hydrogens (tertiary/aromatic N) is 1. The van der Waals surface area contributed by atoms with Gasteiger partial charge in [-0.25, -0.2) is 4.39 Å². The Morgan fingerprint density at radius 2 is 1.95 bits per heavy atom. The predicted molar refractivity (Wildman–Crippen MR) is 73.6 cm³/mol. The van der Waals surface area contributed by atoms with Crippen LogP contribution in [0.5, 0.6) is 0 Å². The summed E-state index contributed by atoms with van der Waals surface area (Å²) in [5.41, 5.74) is 3.34. The summed E-state index contributed by atoms with van der Waals surface area (Å²) in [5.74, 6) is -0.345. The number of benzene rings is 1. The number of rotatable bonds is 3. The average Bonchev–Trinajstić information content (AvgIpc) is 2.68. The lowest BCUT2D eigenvalue weighted by Crippen LogP contribution is -2.23. The van der Waals surface area contributed by atoms with Gasteiger partial charge in [-0.1, -0.05) is 0 Å². The highest BCUT2D eigenvalue weighted by atomic mass is 19.1. The molecule has 0 atom stereocenters. The topological polar surface area (TPSA) is 34.0 Å². The van der Waals surface area contributed by atoms with Gasteiger partial charge < -0.3 is 9.88 Å². The van der Waals surface area contributed by atoms with Crippen LogP contribution >= 0.6 is 0 Å². The van der Waals surface area contributed by atoms with Gasteiger partial charge in [0.25, 0.3) is 5.91 Å². The highest BCUT2D eigenvalue weighted by Gasteiger charge is 2.15. The average molecular weight is 260 g/mol. The molecule has 0 aliphatic heterocycles. The second-order valence-electron chi connectivity index (χ2n) is 4.45. The molecule has 1 amide bonds. The van der Waals surface area contributed by atoms with Crippen molar-refractivity contribution in [2.75, 3.05) is 6.54 Å². The van der Waals surface area contributed by atoms with E-state index < -0.39 is 0 Å². The van der Waals surface area contributed by atoms with Crippen molar-refractivity contribution >= 4 is 5.91 Å². The van der Waals surface area contributed by atoms with Crippen LogP contribution in [0.3, 0.4) is 0 Å². The molecule has 2 aromatic rings. The van der Waals surface area contributed by atoms with E-state index in [1.807, 2.05) is 31.5 Å². The summed E-state index contributed by atoms with van der Waals surface area (Å²) < 4.78 is 14.9. The van der Waals surface area contributed by atoms with Crippen molar-refractivity contribution in [1.29, 1.82) is 0 Å². The molecule has 1 N–H and O–H groups in total. The number of carbonyl (C=O) groups is 1. The Bertz CT molecular complexity index is 599. The second-order valence-corrected chi connectivity index (χ2v) is 4.45. The van der Waals surface area contributed by atoms with Crippen molar-refractivity contribution in [2.24, 2.45) is 7.05 Å². The van der Waals surface area contributed by atoms with Gasteiger partial charge in [0.05, 0.1) is 5.56 Å². The van der Waals surface area contributed by atoms with E-state index in [1.54, 1.807) is 12.1 Å². The first-order valence-electron chi connectivity index (χ1n) is 6.25. The Labute approximate surface area is 112 Å². The van der Waals surface area contributed by atoms with Gasteiger partial charge in [-0.05, 0) is 49.7 Å². The lowest BCUT2D eigenvalue weighted by atomic mass is 10.1. The van der Waals surface area contributed by atoms with Gasteiger partial charge in [0.15, 0.2) is 0 Å². The third-order valence-corrected chi connectivity index (χ3v) is 3.26. The molecule has 0 bridgehead atoms. The van der Waals surface area contributed by atoms with Crippen molar-refractivity contribution < 1.29 is 9.18 Å². The minimum atomic E-state index is -0.265. The molecule has 0 aliphatic rings. The molecule has 0 saturated heterocycles. The SMILES string of the molecule is CCNC(=O)c1cc(-c2ccc(F)cc2)n(C)c1C. The second kappa shape index (κ2) is 5.26. The van der Waals surface area contributed by atoms with Crippen LogP contribution in [-0.2, 0) is 7.05 Å². The van der Waals surface area contributed by atoms with E-state index in [4.69, 9.17) is 0 Å². The Balaban J connectivity index is 2.45. The van der Waals surface area contributed by atoms with Crippen molar-refractivity contribution in [2.45, 2.75) is 13.8 Å². The predicted octanol–water partition coefficient (Wildman–Crippen LogP) is 2.89. The van der Waals surface area contributed by atoms with Gasteiger partial charge >= 0.3 is 0 Å². The van der Waals surface area contributed by atoms with Gasteiger partial charge in [-0.2, -0.15) is 0 Å². The fraction of sp³-hybridized carbons (Fsp3) is 0.267. The van der Waals surface area contributed by atoms with E-state index in [0.717, 1.165) is 17.0 Å². The summed E-state index contributed by atoms with van der Waals surface area (Å²) in [5, 5.41) is 2.79. The van der Waals surface area contributed by atoms with E-state index in [0.29, 0.717) is 12.1 Å². The molecule has 0 spiro atoms. The van der Waals surface area contributed by atoms with Gasteiger partial charge in [-0.15, -0.1) is 0 Å². The lowest BCUT2D eigenvalue weighted by molar-refractivity contribution is 0.0955. The first kappa shape index (κ1) is 13.3. The first-order valence-corrected chi connectivity index (χ1v) is 6.25. The van der Waals surface area contributed by atoms with Gasteiger partial charge in [-0.3, -0.25) is 4.79 Å². The van der Waals surface area contributed by atoms with Crippen molar-refractivity contribution in [3.05, 3.63) is 47.4 Å². The number of aromatic nitrogens is 1. The number of nitrogens with one attached hydrogen (secondary N) is 1. The number of hydrogen-bond donors (Lipinski definition) is 1. The molecule has 19 heavy (non-hydrogen) atoms. The van der Waals surface area contributed by atoms with E-state index in [2.05, 4.69) is 5.32 Å². The zero-order valence-corrected chi connectivity index (χ0v) is 11.3. The molecule has 3 nitrogen and oxygen atoms in total. The highest BCUT2D eigenvalue weighted by Crippen LogP contribution is 2.25. The number of halogens is 1. The fourth-order valence-electron chi connectivity index (χ4n) is 2.08. The zero-order chi connectivity index (χ0) is 14.0. The molecule has 0 fully saturated rings. The summed E-state index contributed by atoms with van der Waals surface area (Å²) in [4.78, 5) is 11.9. The summed E-state index contributed by atoms with van der Waals surface area (Å²) in [6, 6.07) is 8.11. The molecule has 1 heterocycles.